The van der Waals surface area contributed by atoms with Crippen LogP contribution in [0.1, 0.15) is 21.5 Å². The minimum atomic E-state index is -0.414. The predicted octanol–water partition coefficient (Wildman–Crippen LogP) is 3.36. The van der Waals surface area contributed by atoms with Gasteiger partial charge in [0.25, 0.3) is 5.91 Å². The fraction of sp³-hybridized carbons (Fsp3) is 0.364. The van der Waals surface area contributed by atoms with E-state index in [0.717, 1.165) is 24.3 Å². The van der Waals surface area contributed by atoms with Crippen LogP contribution in [-0.4, -0.2) is 56.1 Å². The summed E-state index contributed by atoms with van der Waals surface area (Å²) in [5.41, 5.74) is 3.00. The van der Waals surface area contributed by atoms with Crippen molar-refractivity contribution in [2.75, 3.05) is 44.2 Å². The minimum absolute atomic E-state index is 0.159. The highest BCUT2D eigenvalue weighted by Crippen LogP contribution is 2.25. The van der Waals surface area contributed by atoms with Crippen molar-refractivity contribution in [2.24, 2.45) is 0 Å². The molecule has 0 aliphatic carbocycles. The number of halogens is 2. The zero-order valence-corrected chi connectivity index (χ0v) is 17.9. The van der Waals surface area contributed by atoms with Gasteiger partial charge in [-0.25, -0.2) is 9.18 Å². The molecule has 3 rings (SSSR count). The number of rotatable bonds is 5. The Kier molecular flexibility index (Phi) is 7.15. The van der Waals surface area contributed by atoms with Crippen LogP contribution in [0.4, 0.5) is 14.9 Å². The van der Waals surface area contributed by atoms with Crippen molar-refractivity contribution >= 4 is 29.2 Å². The average Bonchev–Trinajstić information content (AvgIpc) is 2.74. The average molecular weight is 433 g/mol. The molecule has 30 heavy (non-hydrogen) atoms. The van der Waals surface area contributed by atoms with Gasteiger partial charge in [0.2, 0.25) is 0 Å². The van der Waals surface area contributed by atoms with E-state index in [1.54, 1.807) is 24.0 Å². The van der Waals surface area contributed by atoms with Gasteiger partial charge >= 0.3 is 6.03 Å². The van der Waals surface area contributed by atoms with Gasteiger partial charge in [-0.3, -0.25) is 4.79 Å². The van der Waals surface area contributed by atoms with E-state index in [1.165, 1.54) is 6.07 Å². The van der Waals surface area contributed by atoms with Gasteiger partial charge in [-0.2, -0.15) is 0 Å². The number of hydrogen-bond acceptors (Lipinski definition) is 3. The van der Waals surface area contributed by atoms with Gasteiger partial charge in [0.05, 0.1) is 0 Å². The van der Waals surface area contributed by atoms with Gasteiger partial charge in [-0.15, -0.1) is 0 Å². The molecule has 1 fully saturated rings. The summed E-state index contributed by atoms with van der Waals surface area (Å²) in [6, 6.07) is 10.0. The molecule has 0 bridgehead atoms. The maximum atomic E-state index is 13.6. The van der Waals surface area contributed by atoms with Crippen LogP contribution in [0, 0.1) is 19.7 Å². The second kappa shape index (κ2) is 9.80. The van der Waals surface area contributed by atoms with E-state index in [1.807, 2.05) is 25.1 Å². The molecule has 2 N–H and O–H groups in total. The molecule has 0 atom stereocenters. The predicted molar refractivity (Wildman–Crippen MR) is 117 cm³/mol. The molecule has 6 nitrogen and oxygen atoms in total. The number of carbonyl (C=O) groups is 2. The Morgan fingerprint density at radius 2 is 1.63 bits per heavy atom. The number of anilines is 1. The normalized spacial score (nSPS) is 13.9. The van der Waals surface area contributed by atoms with Gasteiger partial charge in [0.1, 0.15) is 5.82 Å². The first kappa shape index (κ1) is 21.9. The summed E-state index contributed by atoms with van der Waals surface area (Å²) in [6.07, 6.45) is 0. The summed E-state index contributed by atoms with van der Waals surface area (Å²) in [5, 5.41) is 6.20. The van der Waals surface area contributed by atoms with E-state index in [2.05, 4.69) is 15.5 Å². The fourth-order valence-electron chi connectivity index (χ4n) is 3.37. The van der Waals surface area contributed by atoms with E-state index in [-0.39, 0.29) is 24.0 Å². The van der Waals surface area contributed by atoms with Gasteiger partial charge in [-0.1, -0.05) is 23.7 Å². The van der Waals surface area contributed by atoms with Crippen LogP contribution in [0.15, 0.2) is 36.4 Å². The lowest BCUT2D eigenvalue weighted by atomic mass is 10.1. The highest BCUT2D eigenvalue weighted by Gasteiger charge is 2.22. The largest absolute Gasteiger partial charge is 0.368 e. The number of aryl methyl sites for hydroxylation is 2. The molecular formula is C22H26ClFN4O2. The molecule has 1 heterocycles. The van der Waals surface area contributed by atoms with Gasteiger partial charge < -0.3 is 20.4 Å². The summed E-state index contributed by atoms with van der Waals surface area (Å²) in [5.74, 6) is -0.781. The highest BCUT2D eigenvalue weighted by atomic mass is 35.5. The molecule has 2 aromatic rings. The lowest BCUT2D eigenvalue weighted by molar-refractivity contribution is 0.0953. The highest BCUT2D eigenvalue weighted by molar-refractivity contribution is 6.30. The third kappa shape index (κ3) is 5.42. The van der Waals surface area contributed by atoms with Gasteiger partial charge in [0, 0.05) is 55.5 Å². The number of benzene rings is 2. The van der Waals surface area contributed by atoms with Crippen LogP contribution >= 0.6 is 11.6 Å². The number of amides is 3. The molecule has 8 heteroatoms. The molecule has 0 unspecified atom stereocenters. The van der Waals surface area contributed by atoms with E-state index in [0.29, 0.717) is 30.2 Å². The third-order valence-electron chi connectivity index (χ3n) is 5.20. The quantitative estimate of drug-likeness (QED) is 0.712. The second-order valence-electron chi connectivity index (χ2n) is 7.36. The molecule has 1 aliphatic heterocycles. The van der Waals surface area contributed by atoms with Crippen molar-refractivity contribution in [3.63, 3.8) is 0 Å². The van der Waals surface area contributed by atoms with Crippen LogP contribution in [0.25, 0.3) is 0 Å². The van der Waals surface area contributed by atoms with E-state index >= 15 is 0 Å². The maximum absolute atomic E-state index is 13.6. The van der Waals surface area contributed by atoms with Crippen LogP contribution < -0.4 is 15.5 Å². The lowest BCUT2D eigenvalue weighted by Crippen LogP contribution is -2.52. The first-order valence-corrected chi connectivity index (χ1v) is 10.3. The van der Waals surface area contributed by atoms with Crippen molar-refractivity contribution < 1.29 is 14.0 Å². The van der Waals surface area contributed by atoms with Crippen molar-refractivity contribution in [3.8, 4) is 0 Å². The maximum Gasteiger partial charge on any atom is 0.317 e. The van der Waals surface area contributed by atoms with Crippen LogP contribution in [-0.2, 0) is 0 Å². The lowest BCUT2D eigenvalue weighted by Gasteiger charge is -2.36. The zero-order valence-electron chi connectivity index (χ0n) is 17.2. The van der Waals surface area contributed by atoms with E-state index in [4.69, 9.17) is 11.6 Å². The van der Waals surface area contributed by atoms with Crippen molar-refractivity contribution in [3.05, 3.63) is 63.9 Å². The summed E-state index contributed by atoms with van der Waals surface area (Å²) in [6.45, 7) is 6.91. The molecule has 0 aromatic heterocycles. The molecule has 0 radical (unpaired) electrons. The SMILES string of the molecule is Cc1ccc(C(=O)NCCNC(=O)N2CCN(c3cc(Cl)ccc3C)CC2)cc1F. The Morgan fingerprint density at radius 1 is 0.967 bits per heavy atom. The molecule has 1 aliphatic rings. The van der Waals surface area contributed by atoms with Crippen molar-refractivity contribution in [1.82, 2.24) is 15.5 Å². The van der Waals surface area contributed by atoms with Gasteiger partial charge in [0.15, 0.2) is 0 Å². The number of urea groups is 1. The first-order chi connectivity index (χ1) is 14.3. The standard InChI is InChI=1S/C22H26ClFN4O2/c1-15-3-5-17(13-19(15)24)21(29)25-7-8-26-22(30)28-11-9-27(10-12-28)20-14-18(23)6-4-16(20)2/h3-6,13-14H,7-12H2,1-2H3,(H,25,29)(H,26,30). The Labute approximate surface area is 181 Å². The molecule has 160 valence electrons. The number of carbonyl (C=O) groups excluding carboxylic acids is 2. The minimum Gasteiger partial charge on any atom is -0.368 e. The summed E-state index contributed by atoms with van der Waals surface area (Å²) >= 11 is 6.11. The van der Waals surface area contributed by atoms with E-state index in [9.17, 15) is 14.0 Å². The van der Waals surface area contributed by atoms with Crippen LogP contribution in [0.2, 0.25) is 5.02 Å². The molecule has 1 saturated heterocycles. The summed E-state index contributed by atoms with van der Waals surface area (Å²) in [7, 11) is 0. The molecule has 0 spiro atoms. The summed E-state index contributed by atoms with van der Waals surface area (Å²) < 4.78 is 13.6. The Bertz CT molecular complexity index is 929. The molecular weight excluding hydrogens is 407 g/mol. The monoisotopic (exact) mass is 432 g/mol. The number of piperazine rings is 1. The smallest absolute Gasteiger partial charge is 0.317 e. The van der Waals surface area contributed by atoms with Crippen LogP contribution in [0.5, 0.6) is 0 Å². The first-order valence-electron chi connectivity index (χ1n) is 9.93. The number of hydrogen-bond donors (Lipinski definition) is 2. The van der Waals surface area contributed by atoms with Crippen molar-refractivity contribution in [2.45, 2.75) is 13.8 Å². The third-order valence-corrected chi connectivity index (χ3v) is 5.43. The topological polar surface area (TPSA) is 64.7 Å². The zero-order chi connectivity index (χ0) is 21.7. The molecule has 2 aromatic carbocycles. The molecule has 3 amide bonds. The number of nitrogens with one attached hydrogen (secondary N) is 2. The second-order valence-corrected chi connectivity index (χ2v) is 7.79. The Morgan fingerprint density at radius 3 is 2.33 bits per heavy atom. The fourth-order valence-corrected chi connectivity index (χ4v) is 3.53. The van der Waals surface area contributed by atoms with E-state index < -0.39 is 5.82 Å². The summed E-state index contributed by atoms with van der Waals surface area (Å²) in [4.78, 5) is 28.4. The van der Waals surface area contributed by atoms with Crippen molar-refractivity contribution in [1.29, 1.82) is 0 Å². The van der Waals surface area contributed by atoms with Gasteiger partial charge in [-0.05, 0) is 49.2 Å². The number of nitrogens with zero attached hydrogens (tertiary/aromatic N) is 2. The molecule has 0 saturated carbocycles. The Hall–Kier alpha value is -2.80. The van der Waals surface area contributed by atoms with Crippen LogP contribution in [0.3, 0.4) is 0 Å². The Balaban J connectivity index is 1.40.